The Morgan fingerprint density at radius 1 is 1.43 bits per heavy atom. The van der Waals surface area contributed by atoms with Crippen LogP contribution in [0.1, 0.15) is 13.8 Å². The van der Waals surface area contributed by atoms with Crippen LogP contribution in [0.25, 0.3) is 10.8 Å². The SMILES string of the molecule is CC(C)N1CC(COc2cccc3c(NN)nccc23)OC1=O. The Kier molecular flexibility index (Phi) is 4.20. The Balaban J connectivity index is 1.74. The minimum absolute atomic E-state index is 0.120. The van der Waals surface area contributed by atoms with Gasteiger partial charge in [-0.15, -0.1) is 0 Å². The van der Waals surface area contributed by atoms with E-state index < -0.39 is 0 Å². The van der Waals surface area contributed by atoms with Gasteiger partial charge in [-0.05, 0) is 26.0 Å². The predicted octanol–water partition coefficient (Wildman–Crippen LogP) is 2.13. The number of aromatic nitrogens is 1. The van der Waals surface area contributed by atoms with Crippen molar-refractivity contribution in [3.63, 3.8) is 0 Å². The molecule has 1 aromatic heterocycles. The second-order valence-electron chi connectivity index (χ2n) is 5.72. The number of amides is 1. The van der Waals surface area contributed by atoms with Gasteiger partial charge < -0.3 is 19.8 Å². The van der Waals surface area contributed by atoms with Crippen molar-refractivity contribution in [2.75, 3.05) is 18.6 Å². The van der Waals surface area contributed by atoms with E-state index in [2.05, 4.69) is 10.4 Å². The smallest absolute Gasteiger partial charge is 0.410 e. The zero-order valence-electron chi connectivity index (χ0n) is 13.2. The number of anilines is 1. The number of nitrogens with two attached hydrogens (primary N) is 1. The number of nitrogens with zero attached hydrogens (tertiary/aromatic N) is 2. The first-order chi connectivity index (χ1) is 11.1. The molecule has 1 aliphatic heterocycles. The van der Waals surface area contributed by atoms with Crippen LogP contribution in [0, 0.1) is 0 Å². The molecule has 0 bridgehead atoms. The van der Waals surface area contributed by atoms with Crippen LogP contribution in [0.15, 0.2) is 30.5 Å². The minimum Gasteiger partial charge on any atom is -0.489 e. The summed E-state index contributed by atoms with van der Waals surface area (Å²) in [6.45, 7) is 4.77. The van der Waals surface area contributed by atoms with Crippen LogP contribution in [-0.4, -0.2) is 41.3 Å². The molecule has 1 aromatic carbocycles. The van der Waals surface area contributed by atoms with Crippen molar-refractivity contribution in [3.05, 3.63) is 30.5 Å². The average Bonchev–Trinajstić information content (AvgIpc) is 2.93. The molecule has 1 unspecified atom stereocenters. The molecule has 2 heterocycles. The predicted molar refractivity (Wildman–Crippen MR) is 87.2 cm³/mol. The van der Waals surface area contributed by atoms with Gasteiger partial charge in [0.15, 0.2) is 6.10 Å². The monoisotopic (exact) mass is 316 g/mol. The summed E-state index contributed by atoms with van der Waals surface area (Å²) in [6.07, 6.45) is 1.11. The third-order valence-electron chi connectivity index (χ3n) is 3.85. The number of hydrogen-bond donors (Lipinski definition) is 2. The Bertz CT molecular complexity index is 720. The number of carbonyl (C=O) groups excluding carboxylic acids is 1. The number of rotatable bonds is 5. The fraction of sp³-hybridized carbons (Fsp3) is 0.375. The van der Waals surface area contributed by atoms with Gasteiger partial charge in [-0.25, -0.2) is 15.6 Å². The molecular formula is C16H20N4O3. The Morgan fingerprint density at radius 2 is 2.26 bits per heavy atom. The summed E-state index contributed by atoms with van der Waals surface area (Å²) < 4.78 is 11.2. The third kappa shape index (κ3) is 3.00. The summed E-state index contributed by atoms with van der Waals surface area (Å²) in [6, 6.07) is 7.66. The Hall–Kier alpha value is -2.54. The van der Waals surface area contributed by atoms with Crippen LogP contribution in [0.4, 0.5) is 10.6 Å². The summed E-state index contributed by atoms with van der Waals surface area (Å²) in [5, 5.41) is 1.78. The van der Waals surface area contributed by atoms with Gasteiger partial charge >= 0.3 is 6.09 Å². The van der Waals surface area contributed by atoms with Crippen molar-refractivity contribution in [2.24, 2.45) is 5.84 Å². The Morgan fingerprint density at radius 3 is 2.96 bits per heavy atom. The number of hydrogen-bond acceptors (Lipinski definition) is 6. The summed E-state index contributed by atoms with van der Waals surface area (Å²) in [7, 11) is 0. The lowest BCUT2D eigenvalue weighted by Crippen LogP contribution is -2.32. The van der Waals surface area contributed by atoms with E-state index in [-0.39, 0.29) is 18.2 Å². The van der Waals surface area contributed by atoms with Crippen molar-refractivity contribution in [1.82, 2.24) is 9.88 Å². The van der Waals surface area contributed by atoms with Gasteiger partial charge in [0.05, 0.1) is 6.54 Å². The lowest BCUT2D eigenvalue weighted by molar-refractivity contribution is 0.102. The molecule has 1 amide bonds. The summed E-state index contributed by atoms with van der Waals surface area (Å²) in [4.78, 5) is 17.6. The number of hydrazine groups is 1. The highest BCUT2D eigenvalue weighted by Crippen LogP contribution is 2.29. The molecular weight excluding hydrogens is 296 g/mol. The molecule has 7 nitrogen and oxygen atoms in total. The first-order valence-corrected chi connectivity index (χ1v) is 7.54. The zero-order valence-corrected chi connectivity index (χ0v) is 13.2. The highest BCUT2D eigenvalue weighted by atomic mass is 16.6. The van der Waals surface area contributed by atoms with Crippen LogP contribution in [0.3, 0.4) is 0 Å². The van der Waals surface area contributed by atoms with Crippen molar-refractivity contribution < 1.29 is 14.3 Å². The van der Waals surface area contributed by atoms with Crippen LogP contribution >= 0.6 is 0 Å². The summed E-state index contributed by atoms with van der Waals surface area (Å²) in [5.74, 6) is 6.78. The summed E-state index contributed by atoms with van der Waals surface area (Å²) >= 11 is 0. The number of nitrogen functional groups attached to an aromatic ring is 1. The van der Waals surface area contributed by atoms with E-state index in [0.717, 1.165) is 10.8 Å². The fourth-order valence-corrected chi connectivity index (χ4v) is 2.65. The van der Waals surface area contributed by atoms with Gasteiger partial charge in [0, 0.05) is 23.0 Å². The zero-order chi connectivity index (χ0) is 16.4. The molecule has 3 rings (SSSR count). The highest BCUT2D eigenvalue weighted by molar-refractivity contribution is 5.95. The lowest BCUT2D eigenvalue weighted by atomic mass is 10.1. The maximum absolute atomic E-state index is 11.8. The maximum atomic E-state index is 11.8. The van der Waals surface area contributed by atoms with Gasteiger partial charge in [0.1, 0.15) is 18.2 Å². The van der Waals surface area contributed by atoms with Crippen molar-refractivity contribution in [1.29, 1.82) is 0 Å². The first-order valence-electron chi connectivity index (χ1n) is 7.54. The van der Waals surface area contributed by atoms with Gasteiger partial charge in [-0.3, -0.25) is 0 Å². The molecule has 1 aliphatic rings. The van der Waals surface area contributed by atoms with E-state index in [4.69, 9.17) is 15.3 Å². The molecule has 7 heteroatoms. The van der Waals surface area contributed by atoms with Gasteiger partial charge in [0.2, 0.25) is 0 Å². The van der Waals surface area contributed by atoms with Crippen molar-refractivity contribution >= 4 is 22.7 Å². The number of pyridine rings is 1. The quantitative estimate of drug-likeness (QED) is 0.649. The standard InChI is InChI=1S/C16H20N4O3/c1-10(2)20-8-11(23-16(20)21)9-22-14-5-3-4-13-12(14)6-7-18-15(13)19-17/h3-7,10-11H,8-9,17H2,1-2H3,(H,18,19). The number of nitrogens with one attached hydrogen (secondary N) is 1. The van der Waals surface area contributed by atoms with E-state index in [9.17, 15) is 4.79 Å². The first kappa shape index (κ1) is 15.4. The van der Waals surface area contributed by atoms with Crippen LogP contribution in [0.5, 0.6) is 5.75 Å². The molecule has 0 radical (unpaired) electrons. The van der Waals surface area contributed by atoms with Crippen molar-refractivity contribution in [2.45, 2.75) is 26.0 Å². The average molecular weight is 316 g/mol. The van der Waals surface area contributed by atoms with Gasteiger partial charge in [-0.1, -0.05) is 12.1 Å². The number of carbonyl (C=O) groups is 1. The van der Waals surface area contributed by atoms with Crippen LogP contribution in [-0.2, 0) is 4.74 Å². The lowest BCUT2D eigenvalue weighted by Gasteiger charge is -2.17. The molecule has 3 N–H and O–H groups in total. The molecule has 0 saturated carbocycles. The Labute approximate surface area is 134 Å². The van der Waals surface area contributed by atoms with Crippen LogP contribution in [0.2, 0.25) is 0 Å². The number of benzene rings is 1. The van der Waals surface area contributed by atoms with Crippen molar-refractivity contribution in [3.8, 4) is 5.75 Å². The number of fused-ring (bicyclic) bond motifs is 1. The second kappa shape index (κ2) is 6.29. The van der Waals surface area contributed by atoms with Gasteiger partial charge in [-0.2, -0.15) is 0 Å². The maximum Gasteiger partial charge on any atom is 0.410 e. The topological polar surface area (TPSA) is 89.7 Å². The fourth-order valence-electron chi connectivity index (χ4n) is 2.65. The molecule has 1 saturated heterocycles. The van der Waals surface area contributed by atoms with E-state index in [1.165, 1.54) is 0 Å². The largest absolute Gasteiger partial charge is 0.489 e. The van der Waals surface area contributed by atoms with E-state index in [0.29, 0.717) is 24.7 Å². The minimum atomic E-state index is -0.287. The molecule has 2 aromatic rings. The third-order valence-corrected chi connectivity index (χ3v) is 3.85. The van der Waals surface area contributed by atoms with E-state index >= 15 is 0 Å². The van der Waals surface area contributed by atoms with Crippen LogP contribution < -0.4 is 16.0 Å². The molecule has 0 aliphatic carbocycles. The molecule has 1 atom stereocenters. The normalized spacial score (nSPS) is 17.7. The molecule has 23 heavy (non-hydrogen) atoms. The molecule has 1 fully saturated rings. The molecule has 122 valence electrons. The molecule has 0 spiro atoms. The van der Waals surface area contributed by atoms with E-state index in [1.54, 1.807) is 11.1 Å². The second-order valence-corrected chi connectivity index (χ2v) is 5.72. The van der Waals surface area contributed by atoms with Gasteiger partial charge in [0.25, 0.3) is 0 Å². The van der Waals surface area contributed by atoms with E-state index in [1.807, 2.05) is 38.1 Å². The highest BCUT2D eigenvalue weighted by Gasteiger charge is 2.33. The number of cyclic esters (lactones) is 1. The number of ether oxygens (including phenoxy) is 2. The summed E-state index contributed by atoms with van der Waals surface area (Å²) in [5.41, 5.74) is 2.58.